The van der Waals surface area contributed by atoms with Crippen LogP contribution in [-0.4, -0.2) is 67.4 Å². The standard InChI is InChI=1S/C34H32N6O5/c1-42-26-13-9-24(10-14-26)34(23-7-4-3-5-8-23,25-11-15-27(43-2)16-12-25)44-20-29-28(41)19-30(45-29)39-22-37-31-32(39)35-21-36-33(31)40-18-6-17-38-40/h3-18,21-22,28-30,41H,19-20H2,1-2H3/t28-,29+,30+/m0/s1. The van der Waals surface area contributed by atoms with Gasteiger partial charge in [0.05, 0.1) is 33.3 Å². The maximum absolute atomic E-state index is 11.3. The monoisotopic (exact) mass is 604 g/mol. The minimum absolute atomic E-state index is 0.102. The van der Waals surface area contributed by atoms with Gasteiger partial charge in [0.2, 0.25) is 0 Å². The zero-order valence-corrected chi connectivity index (χ0v) is 24.8. The van der Waals surface area contributed by atoms with Gasteiger partial charge >= 0.3 is 0 Å². The van der Waals surface area contributed by atoms with E-state index >= 15 is 0 Å². The highest BCUT2D eigenvalue weighted by Gasteiger charge is 2.42. The van der Waals surface area contributed by atoms with E-state index in [9.17, 15) is 5.11 Å². The number of benzene rings is 3. The van der Waals surface area contributed by atoms with Gasteiger partial charge in [0.25, 0.3) is 0 Å². The fourth-order valence-electron chi connectivity index (χ4n) is 5.93. The number of fused-ring (bicyclic) bond motifs is 1. The molecule has 3 aromatic heterocycles. The van der Waals surface area contributed by atoms with Crippen LogP contribution in [0.2, 0.25) is 0 Å². The van der Waals surface area contributed by atoms with Crippen molar-refractivity contribution < 1.29 is 24.1 Å². The highest BCUT2D eigenvalue weighted by atomic mass is 16.6. The Kier molecular flexibility index (Phi) is 7.72. The average molecular weight is 605 g/mol. The number of aromatic nitrogens is 6. The van der Waals surface area contributed by atoms with Crippen LogP contribution in [0.4, 0.5) is 0 Å². The van der Waals surface area contributed by atoms with Crippen LogP contribution in [0.5, 0.6) is 11.5 Å². The summed E-state index contributed by atoms with van der Waals surface area (Å²) < 4.78 is 27.8. The predicted molar refractivity (Wildman–Crippen MR) is 165 cm³/mol. The largest absolute Gasteiger partial charge is 0.497 e. The summed E-state index contributed by atoms with van der Waals surface area (Å²) in [6.45, 7) is 0.102. The molecule has 11 nitrogen and oxygen atoms in total. The topological polar surface area (TPSA) is 119 Å². The molecule has 1 N–H and O–H groups in total. The van der Waals surface area contributed by atoms with E-state index in [2.05, 4.69) is 20.1 Å². The van der Waals surface area contributed by atoms with Gasteiger partial charge in [-0.25, -0.2) is 19.6 Å². The summed E-state index contributed by atoms with van der Waals surface area (Å²) in [5.41, 5.74) is 2.85. The fourth-order valence-corrected chi connectivity index (χ4v) is 5.93. The lowest BCUT2D eigenvalue weighted by Crippen LogP contribution is -2.38. The van der Waals surface area contributed by atoms with Crippen molar-refractivity contribution in [1.82, 2.24) is 29.3 Å². The number of hydrogen-bond acceptors (Lipinski definition) is 9. The Morgan fingerprint density at radius 1 is 0.844 bits per heavy atom. The van der Waals surface area contributed by atoms with Crippen LogP contribution in [0, 0.1) is 0 Å². The molecular formula is C34H32N6O5. The van der Waals surface area contributed by atoms with Crippen LogP contribution in [0.1, 0.15) is 29.3 Å². The van der Waals surface area contributed by atoms with Crippen molar-refractivity contribution in [3.05, 3.63) is 127 Å². The molecular weight excluding hydrogens is 572 g/mol. The molecule has 1 aliphatic heterocycles. The first-order valence-electron chi connectivity index (χ1n) is 14.6. The molecule has 3 aromatic carbocycles. The number of aliphatic hydroxyl groups excluding tert-OH is 1. The van der Waals surface area contributed by atoms with Crippen molar-refractivity contribution in [2.75, 3.05) is 20.8 Å². The number of methoxy groups -OCH3 is 2. The van der Waals surface area contributed by atoms with Gasteiger partial charge in [-0.3, -0.25) is 4.57 Å². The van der Waals surface area contributed by atoms with Gasteiger partial charge in [-0.1, -0.05) is 54.6 Å². The summed E-state index contributed by atoms with van der Waals surface area (Å²) in [7, 11) is 3.28. The van der Waals surface area contributed by atoms with Crippen LogP contribution < -0.4 is 9.47 Å². The van der Waals surface area contributed by atoms with Gasteiger partial charge in [-0.05, 0) is 47.0 Å². The third-order valence-corrected chi connectivity index (χ3v) is 8.21. The molecule has 1 saturated heterocycles. The van der Waals surface area contributed by atoms with Crippen molar-refractivity contribution in [1.29, 1.82) is 0 Å². The normalized spacial score (nSPS) is 18.3. The third-order valence-electron chi connectivity index (χ3n) is 8.21. The molecule has 4 heterocycles. The van der Waals surface area contributed by atoms with Crippen molar-refractivity contribution >= 4 is 11.2 Å². The van der Waals surface area contributed by atoms with Crippen LogP contribution in [0.15, 0.2) is 110 Å². The van der Waals surface area contributed by atoms with Gasteiger partial charge < -0.3 is 24.1 Å². The molecule has 45 heavy (non-hydrogen) atoms. The second-order valence-electron chi connectivity index (χ2n) is 10.7. The summed E-state index contributed by atoms with van der Waals surface area (Å²) in [5, 5.41) is 15.5. The number of hydrogen-bond donors (Lipinski definition) is 1. The SMILES string of the molecule is COc1ccc(C(OC[C@H]2O[C@@H](n3cnc4c(-n5cccn5)ncnc43)C[C@@H]2O)(c2ccccc2)c2ccc(OC)cc2)cc1. The molecule has 1 fully saturated rings. The first-order valence-corrected chi connectivity index (χ1v) is 14.6. The van der Waals surface area contributed by atoms with Crippen molar-refractivity contribution in [3.63, 3.8) is 0 Å². The zero-order chi connectivity index (χ0) is 30.8. The van der Waals surface area contributed by atoms with Gasteiger partial charge in [0, 0.05) is 18.8 Å². The first-order chi connectivity index (χ1) is 22.1. The molecule has 0 spiro atoms. The van der Waals surface area contributed by atoms with E-state index in [1.807, 2.05) is 89.5 Å². The smallest absolute Gasteiger partial charge is 0.184 e. The maximum Gasteiger partial charge on any atom is 0.184 e. The van der Waals surface area contributed by atoms with Crippen LogP contribution in [0.25, 0.3) is 17.0 Å². The lowest BCUT2D eigenvalue weighted by Gasteiger charge is -2.37. The zero-order valence-electron chi connectivity index (χ0n) is 24.8. The van der Waals surface area contributed by atoms with Gasteiger partial charge in [0.1, 0.15) is 35.8 Å². The maximum atomic E-state index is 11.3. The second-order valence-corrected chi connectivity index (χ2v) is 10.7. The highest BCUT2D eigenvalue weighted by Crippen LogP contribution is 2.43. The molecule has 11 heteroatoms. The molecule has 0 amide bonds. The Bertz CT molecular complexity index is 1810. The molecule has 0 aliphatic carbocycles. The fraction of sp³-hybridized carbons (Fsp3) is 0.235. The number of ether oxygens (including phenoxy) is 4. The Morgan fingerprint density at radius 3 is 2.13 bits per heavy atom. The molecule has 0 radical (unpaired) electrons. The molecule has 228 valence electrons. The molecule has 0 saturated carbocycles. The summed E-state index contributed by atoms with van der Waals surface area (Å²) in [4.78, 5) is 13.4. The number of imidazole rings is 1. The van der Waals surface area contributed by atoms with Crippen molar-refractivity contribution in [2.45, 2.75) is 30.5 Å². The van der Waals surface area contributed by atoms with E-state index in [0.717, 1.165) is 28.2 Å². The number of nitrogens with zero attached hydrogens (tertiary/aromatic N) is 6. The summed E-state index contributed by atoms with van der Waals surface area (Å²) >= 11 is 0. The van der Waals surface area contributed by atoms with Gasteiger partial charge in [-0.2, -0.15) is 5.10 Å². The second kappa shape index (κ2) is 12.1. The van der Waals surface area contributed by atoms with Crippen LogP contribution >= 0.6 is 0 Å². The van der Waals surface area contributed by atoms with E-state index < -0.39 is 24.0 Å². The number of aliphatic hydroxyl groups is 1. The highest BCUT2D eigenvalue weighted by molar-refractivity contribution is 5.78. The minimum Gasteiger partial charge on any atom is -0.497 e. The lowest BCUT2D eigenvalue weighted by molar-refractivity contribution is -0.0931. The Hall–Kier alpha value is -5.10. The van der Waals surface area contributed by atoms with E-state index in [1.54, 1.807) is 37.6 Å². The Labute approximate surface area is 259 Å². The van der Waals surface area contributed by atoms with Crippen molar-refractivity contribution in [2.24, 2.45) is 0 Å². The van der Waals surface area contributed by atoms with E-state index in [4.69, 9.17) is 18.9 Å². The number of rotatable bonds is 10. The summed E-state index contributed by atoms with van der Waals surface area (Å²) in [5.74, 6) is 2.04. The predicted octanol–water partition coefficient (Wildman–Crippen LogP) is 4.69. The molecule has 1 aliphatic rings. The third kappa shape index (κ3) is 5.20. The molecule has 0 bridgehead atoms. The summed E-state index contributed by atoms with van der Waals surface area (Å²) in [6.07, 6.45) is 5.03. The van der Waals surface area contributed by atoms with E-state index in [-0.39, 0.29) is 6.61 Å². The minimum atomic E-state index is -1.03. The van der Waals surface area contributed by atoms with Gasteiger partial charge in [-0.15, -0.1) is 0 Å². The summed E-state index contributed by atoms with van der Waals surface area (Å²) in [6, 6.07) is 27.5. The molecule has 6 aromatic rings. The van der Waals surface area contributed by atoms with Crippen LogP contribution in [-0.2, 0) is 15.1 Å². The van der Waals surface area contributed by atoms with Gasteiger partial charge in [0.15, 0.2) is 17.0 Å². The molecule has 7 rings (SSSR count). The van der Waals surface area contributed by atoms with E-state index in [1.165, 1.54) is 6.33 Å². The van der Waals surface area contributed by atoms with Crippen LogP contribution in [0.3, 0.4) is 0 Å². The van der Waals surface area contributed by atoms with Crippen molar-refractivity contribution in [3.8, 4) is 17.3 Å². The first kappa shape index (κ1) is 28.7. The molecule has 3 atom stereocenters. The lowest BCUT2D eigenvalue weighted by atomic mass is 9.80. The van der Waals surface area contributed by atoms with E-state index in [0.29, 0.717) is 23.4 Å². The molecule has 0 unspecified atom stereocenters. The Morgan fingerprint density at radius 2 is 1.51 bits per heavy atom. The Balaban J connectivity index is 1.23. The average Bonchev–Trinajstić information content (AvgIpc) is 3.87. The quantitative estimate of drug-likeness (QED) is 0.222.